The number of hydrogen-bond donors (Lipinski definition) is 0. The van der Waals surface area contributed by atoms with Gasteiger partial charge in [-0.1, -0.05) is 24.8 Å². The smallest absolute Gasteiger partial charge is 0.338 e. The third kappa shape index (κ3) is 2.28. The summed E-state index contributed by atoms with van der Waals surface area (Å²) in [6.45, 7) is 3.78. The first-order valence-corrected chi connectivity index (χ1v) is 8.75. The van der Waals surface area contributed by atoms with Crippen molar-refractivity contribution in [3.8, 4) is 0 Å². The van der Waals surface area contributed by atoms with E-state index in [9.17, 15) is 9.59 Å². The molecule has 0 bridgehead atoms. The number of methoxy groups -OCH3 is 1. The normalized spacial score (nSPS) is 24.4. The average molecular weight is 336 g/mol. The van der Waals surface area contributed by atoms with E-state index in [0.29, 0.717) is 16.4 Å². The molecule has 0 spiro atoms. The van der Waals surface area contributed by atoms with Crippen molar-refractivity contribution in [1.29, 1.82) is 0 Å². The van der Waals surface area contributed by atoms with Crippen LogP contribution in [-0.2, 0) is 14.3 Å². The van der Waals surface area contributed by atoms with Crippen LogP contribution in [0.2, 0.25) is 0 Å². The van der Waals surface area contributed by atoms with Crippen molar-refractivity contribution in [2.75, 3.05) is 7.11 Å². The van der Waals surface area contributed by atoms with E-state index in [0.717, 1.165) is 11.3 Å². The molecule has 1 amide bonds. The molecule has 3 rings (SSSR count). The lowest BCUT2D eigenvalue weighted by Crippen LogP contribution is -2.40. The van der Waals surface area contributed by atoms with Gasteiger partial charge in [0.1, 0.15) is 6.04 Å². The monoisotopic (exact) mass is 336 g/mol. The van der Waals surface area contributed by atoms with Gasteiger partial charge in [-0.05, 0) is 24.8 Å². The molecular formula is C15H16N2O3S2. The van der Waals surface area contributed by atoms with Gasteiger partial charge in [0.25, 0.3) is 0 Å². The molecule has 1 aromatic rings. The van der Waals surface area contributed by atoms with Crippen molar-refractivity contribution in [3.05, 3.63) is 33.7 Å². The van der Waals surface area contributed by atoms with Gasteiger partial charge in [0, 0.05) is 4.88 Å². The molecule has 0 N–H and O–H groups in total. The molecule has 116 valence electrons. The van der Waals surface area contributed by atoms with Crippen LogP contribution in [0.3, 0.4) is 0 Å². The summed E-state index contributed by atoms with van der Waals surface area (Å²) in [4.78, 5) is 32.0. The Morgan fingerprint density at radius 1 is 1.50 bits per heavy atom. The third-order valence-electron chi connectivity index (χ3n) is 3.74. The molecule has 1 aromatic heterocycles. The maximum Gasteiger partial charge on any atom is 0.338 e. The number of amidine groups is 1. The standard InChI is InChI=1S/C15H16N2O3S2/c1-4-9-13(18)17-12(10-6-5-7-21-10)11(14(19)20-3)8(2)16-15(17)22-9/h5-7,9,12H,4H2,1-3H3/t9-,12-/m1/s1. The molecule has 0 radical (unpaired) electrons. The first-order valence-electron chi connectivity index (χ1n) is 6.99. The van der Waals surface area contributed by atoms with Crippen molar-refractivity contribution in [1.82, 2.24) is 4.90 Å². The topological polar surface area (TPSA) is 59.0 Å². The minimum Gasteiger partial charge on any atom is -0.466 e. The van der Waals surface area contributed by atoms with Crippen LogP contribution in [-0.4, -0.2) is 34.3 Å². The number of rotatable bonds is 3. The van der Waals surface area contributed by atoms with E-state index in [2.05, 4.69) is 4.99 Å². The number of ether oxygens (including phenoxy) is 1. The van der Waals surface area contributed by atoms with Gasteiger partial charge in [-0.15, -0.1) is 11.3 Å². The van der Waals surface area contributed by atoms with E-state index in [1.165, 1.54) is 30.2 Å². The lowest BCUT2D eigenvalue weighted by atomic mass is 10.00. The number of carbonyl (C=O) groups is 2. The molecule has 22 heavy (non-hydrogen) atoms. The summed E-state index contributed by atoms with van der Waals surface area (Å²) in [6.07, 6.45) is 0.739. The van der Waals surface area contributed by atoms with Crippen molar-refractivity contribution in [2.45, 2.75) is 31.6 Å². The second kappa shape index (κ2) is 5.89. The van der Waals surface area contributed by atoms with Crippen molar-refractivity contribution in [2.24, 2.45) is 4.99 Å². The van der Waals surface area contributed by atoms with Crippen molar-refractivity contribution >= 4 is 40.1 Å². The van der Waals surface area contributed by atoms with Gasteiger partial charge in [0.2, 0.25) is 5.91 Å². The second-order valence-corrected chi connectivity index (χ2v) is 7.18. The molecule has 2 aliphatic rings. The zero-order valence-electron chi connectivity index (χ0n) is 12.5. The van der Waals surface area contributed by atoms with Gasteiger partial charge in [0.05, 0.1) is 23.6 Å². The number of thioether (sulfide) groups is 1. The van der Waals surface area contributed by atoms with E-state index < -0.39 is 12.0 Å². The number of amides is 1. The fourth-order valence-corrected chi connectivity index (χ4v) is 4.63. The minimum atomic E-state index is -0.434. The van der Waals surface area contributed by atoms with E-state index in [4.69, 9.17) is 4.74 Å². The Hall–Kier alpha value is -1.60. The number of fused-ring (bicyclic) bond motifs is 1. The predicted octanol–water partition coefficient (Wildman–Crippen LogP) is 2.96. The zero-order chi connectivity index (χ0) is 15.9. The maximum atomic E-state index is 12.7. The Kier molecular flexibility index (Phi) is 4.10. The summed E-state index contributed by atoms with van der Waals surface area (Å²) in [7, 11) is 1.35. The molecule has 0 unspecified atom stereocenters. The molecule has 2 aliphatic heterocycles. The van der Waals surface area contributed by atoms with Crippen LogP contribution in [0.15, 0.2) is 33.8 Å². The highest BCUT2D eigenvalue weighted by Gasteiger charge is 2.47. The number of hydrogen-bond acceptors (Lipinski definition) is 6. The minimum absolute atomic E-state index is 0.0125. The summed E-state index contributed by atoms with van der Waals surface area (Å²) < 4.78 is 4.92. The fraction of sp³-hybridized carbons (Fsp3) is 0.400. The van der Waals surface area contributed by atoms with Gasteiger partial charge < -0.3 is 4.74 Å². The van der Waals surface area contributed by atoms with Gasteiger partial charge in [-0.3, -0.25) is 9.69 Å². The Morgan fingerprint density at radius 2 is 2.27 bits per heavy atom. The SMILES string of the molecule is CC[C@H]1SC2=NC(C)=C(C(=O)OC)[C@@H](c3cccs3)N2C1=O. The lowest BCUT2D eigenvalue weighted by molar-refractivity contribution is -0.137. The van der Waals surface area contributed by atoms with Crippen LogP contribution in [0.4, 0.5) is 0 Å². The van der Waals surface area contributed by atoms with Crippen LogP contribution in [0.1, 0.15) is 31.2 Å². The summed E-state index contributed by atoms with van der Waals surface area (Å²) in [5.41, 5.74) is 1.06. The van der Waals surface area contributed by atoms with Crippen LogP contribution in [0.25, 0.3) is 0 Å². The van der Waals surface area contributed by atoms with Crippen LogP contribution in [0, 0.1) is 0 Å². The molecule has 3 heterocycles. The first kappa shape index (κ1) is 15.3. The Labute approximate surface area is 137 Å². The quantitative estimate of drug-likeness (QED) is 0.796. The maximum absolute atomic E-state index is 12.7. The summed E-state index contributed by atoms with van der Waals surface area (Å²) in [5, 5.41) is 2.49. The number of aliphatic imine (C=N–C) groups is 1. The fourth-order valence-electron chi connectivity index (χ4n) is 2.68. The van der Waals surface area contributed by atoms with E-state index >= 15 is 0 Å². The van der Waals surface area contributed by atoms with E-state index in [-0.39, 0.29) is 11.2 Å². The average Bonchev–Trinajstić information content (AvgIpc) is 3.13. The van der Waals surface area contributed by atoms with Crippen molar-refractivity contribution < 1.29 is 14.3 Å². The number of esters is 1. The zero-order valence-corrected chi connectivity index (χ0v) is 14.2. The number of carbonyl (C=O) groups excluding carboxylic acids is 2. The molecule has 1 saturated heterocycles. The molecule has 2 atom stereocenters. The second-order valence-electron chi connectivity index (χ2n) is 5.03. The molecule has 0 aromatic carbocycles. The molecule has 0 saturated carbocycles. The third-order valence-corrected chi connectivity index (χ3v) is 5.98. The Morgan fingerprint density at radius 3 is 2.86 bits per heavy atom. The highest BCUT2D eigenvalue weighted by molar-refractivity contribution is 8.15. The molecular weight excluding hydrogens is 320 g/mol. The first-order chi connectivity index (χ1) is 10.6. The van der Waals surface area contributed by atoms with Crippen molar-refractivity contribution in [3.63, 3.8) is 0 Å². The highest BCUT2D eigenvalue weighted by atomic mass is 32.2. The van der Waals surface area contributed by atoms with Crippen LogP contribution < -0.4 is 0 Å². The molecule has 1 fully saturated rings. The largest absolute Gasteiger partial charge is 0.466 e. The highest BCUT2D eigenvalue weighted by Crippen LogP contribution is 2.44. The predicted molar refractivity (Wildman–Crippen MR) is 87.7 cm³/mol. The van der Waals surface area contributed by atoms with Crippen LogP contribution >= 0.6 is 23.1 Å². The number of thiophene rings is 1. The van der Waals surface area contributed by atoms with Gasteiger partial charge in [0.15, 0.2) is 5.17 Å². The Bertz CT molecular complexity index is 679. The van der Waals surface area contributed by atoms with E-state index in [1.54, 1.807) is 11.8 Å². The molecule has 7 heteroatoms. The van der Waals surface area contributed by atoms with Gasteiger partial charge in [-0.25, -0.2) is 9.79 Å². The summed E-state index contributed by atoms with van der Waals surface area (Å²) in [5.74, 6) is -0.421. The van der Waals surface area contributed by atoms with Gasteiger partial charge >= 0.3 is 5.97 Å². The number of nitrogens with zero attached hydrogens (tertiary/aromatic N) is 2. The molecule has 0 aliphatic carbocycles. The number of allylic oxidation sites excluding steroid dienone is 1. The van der Waals surface area contributed by atoms with Gasteiger partial charge in [-0.2, -0.15) is 0 Å². The van der Waals surface area contributed by atoms with E-state index in [1.807, 2.05) is 24.4 Å². The Balaban J connectivity index is 2.14. The molecule has 5 nitrogen and oxygen atoms in total. The summed E-state index contributed by atoms with van der Waals surface area (Å²) >= 11 is 3.00. The van der Waals surface area contributed by atoms with Crippen LogP contribution in [0.5, 0.6) is 0 Å². The summed E-state index contributed by atoms with van der Waals surface area (Å²) in [6, 6.07) is 3.42. The lowest BCUT2D eigenvalue weighted by Gasteiger charge is -2.31.